The van der Waals surface area contributed by atoms with Gasteiger partial charge in [0, 0.05) is 16.7 Å². The molecule has 0 fully saturated rings. The number of hydrogen-bond acceptors (Lipinski definition) is 3. The molecule has 0 aromatic heterocycles. The van der Waals surface area contributed by atoms with E-state index in [2.05, 4.69) is 111 Å². The Hall–Kier alpha value is -3.30. The molecule has 0 N–H and O–H groups in total. The lowest BCUT2D eigenvalue weighted by Crippen LogP contribution is -2.21. The van der Waals surface area contributed by atoms with Crippen molar-refractivity contribution in [2.75, 3.05) is 0 Å². The van der Waals surface area contributed by atoms with Crippen LogP contribution in [0.2, 0.25) is 0 Å². The van der Waals surface area contributed by atoms with Gasteiger partial charge in [-0.2, -0.15) is 0 Å². The van der Waals surface area contributed by atoms with Crippen LogP contribution in [0.25, 0.3) is 10.8 Å². The van der Waals surface area contributed by atoms with Crippen LogP contribution < -0.4 is 0 Å². The summed E-state index contributed by atoms with van der Waals surface area (Å²) >= 11 is 0. The third-order valence-electron chi connectivity index (χ3n) is 7.83. The first kappa shape index (κ1) is 31.6. The first-order chi connectivity index (χ1) is 20.3. The van der Waals surface area contributed by atoms with E-state index in [1.54, 1.807) is 12.1 Å². The number of hydrogen-bond donors (Lipinski definition) is 0. The van der Waals surface area contributed by atoms with E-state index in [-0.39, 0.29) is 10.1 Å². The highest BCUT2D eigenvalue weighted by molar-refractivity contribution is 7.86. The van der Waals surface area contributed by atoms with Gasteiger partial charge in [-0.3, -0.25) is 0 Å². The van der Waals surface area contributed by atoms with Crippen LogP contribution in [-0.2, 0) is 28.1 Å². The van der Waals surface area contributed by atoms with Crippen molar-refractivity contribution >= 4 is 30.1 Å². The second kappa shape index (κ2) is 14.7. The molecule has 218 valence electrons. The summed E-state index contributed by atoms with van der Waals surface area (Å²) in [6.45, 7) is 4.18. The fraction of sp³-hybridized carbons (Fsp3) is 0.243. The van der Waals surface area contributed by atoms with Gasteiger partial charge in [0.25, 0.3) is 0 Å². The Labute approximate surface area is 254 Å². The zero-order valence-corrected chi connectivity index (χ0v) is 26.9. The minimum absolute atomic E-state index is 0.00477. The largest absolute Gasteiger partial charge is 0.744 e. The third-order valence-corrected chi connectivity index (χ3v) is 10.0. The SMILES string of the molecule is CCCCc1cc2ccccc2c(S(=O)(=O)[O-])c1CCCC.[PH3+]C(c1ccccc1)(c1ccccc1)c1ccccc1. The normalized spacial score (nSPS) is 11.7. The fourth-order valence-electron chi connectivity index (χ4n) is 5.58. The van der Waals surface area contributed by atoms with Crippen molar-refractivity contribution in [2.45, 2.75) is 62.4 Å². The maximum Gasteiger partial charge on any atom is 0.147 e. The molecule has 0 radical (unpaired) electrons. The Bertz CT molecular complexity index is 1570. The van der Waals surface area contributed by atoms with Crippen LogP contribution >= 0.6 is 9.24 Å². The standard InChI is InChI=1S/C19H17P.C18H24O3S/c20-19(16-10-4-1-5-11-16,17-12-6-2-7-13-17)18-14-8-3-9-15-18;1-3-5-9-14-13-15-10-7-8-12-17(15)18(22(19,20)21)16(14)11-6-4-2/h1-15H,20H2;7-8,10,12-13H,3-6,9,11H2,1-2H3,(H,19,20,21). The first-order valence-corrected chi connectivity index (χ1v) is 16.9. The maximum absolute atomic E-state index is 11.9. The molecule has 5 aromatic rings. The fourth-order valence-corrected chi connectivity index (χ4v) is 7.28. The Morgan fingerprint density at radius 1 is 0.643 bits per heavy atom. The second-order valence-corrected chi connectivity index (χ2v) is 13.1. The van der Waals surface area contributed by atoms with Gasteiger partial charge in [0.1, 0.15) is 15.3 Å². The van der Waals surface area contributed by atoms with Crippen molar-refractivity contribution in [3.63, 3.8) is 0 Å². The van der Waals surface area contributed by atoms with Crippen molar-refractivity contribution in [1.29, 1.82) is 0 Å². The summed E-state index contributed by atoms with van der Waals surface area (Å²) in [6.07, 6.45) is 5.37. The van der Waals surface area contributed by atoms with Gasteiger partial charge in [-0.25, -0.2) is 8.42 Å². The van der Waals surface area contributed by atoms with Gasteiger partial charge < -0.3 is 4.55 Å². The molecule has 1 unspecified atom stereocenters. The highest BCUT2D eigenvalue weighted by Gasteiger charge is 2.36. The van der Waals surface area contributed by atoms with Crippen LogP contribution in [0.5, 0.6) is 0 Å². The predicted octanol–water partition coefficient (Wildman–Crippen LogP) is 9.02. The van der Waals surface area contributed by atoms with E-state index in [1.165, 1.54) is 16.7 Å². The first-order valence-electron chi connectivity index (χ1n) is 14.8. The quantitative estimate of drug-likeness (QED) is 0.0918. The highest BCUT2D eigenvalue weighted by Crippen LogP contribution is 2.44. The highest BCUT2D eigenvalue weighted by atomic mass is 32.2. The summed E-state index contributed by atoms with van der Waals surface area (Å²) in [7, 11) is -2.44. The van der Waals surface area contributed by atoms with E-state index in [4.69, 9.17) is 0 Å². The predicted molar refractivity (Wildman–Crippen MR) is 179 cm³/mol. The molecule has 1 atom stereocenters. The third kappa shape index (κ3) is 7.36. The van der Waals surface area contributed by atoms with E-state index < -0.39 is 10.1 Å². The van der Waals surface area contributed by atoms with Gasteiger partial charge in [-0.15, -0.1) is 0 Å². The van der Waals surface area contributed by atoms with Crippen molar-refractivity contribution in [1.82, 2.24) is 0 Å². The molecule has 42 heavy (non-hydrogen) atoms. The minimum Gasteiger partial charge on any atom is -0.744 e. The number of fused-ring (bicyclic) bond motifs is 1. The summed E-state index contributed by atoms with van der Waals surface area (Å²) in [5, 5.41) is 1.30. The van der Waals surface area contributed by atoms with Gasteiger partial charge in [-0.05, 0) is 56.8 Å². The van der Waals surface area contributed by atoms with Gasteiger partial charge in [0.05, 0.1) is 4.90 Å². The molecule has 0 bridgehead atoms. The Morgan fingerprint density at radius 3 is 1.52 bits per heavy atom. The molecular weight excluding hydrogens is 555 g/mol. The topological polar surface area (TPSA) is 57.2 Å². The molecule has 0 spiro atoms. The molecule has 3 nitrogen and oxygen atoms in total. The summed E-state index contributed by atoms with van der Waals surface area (Å²) in [5.74, 6) is 0. The van der Waals surface area contributed by atoms with Crippen LogP contribution in [0.4, 0.5) is 0 Å². The number of rotatable bonds is 10. The van der Waals surface area contributed by atoms with Gasteiger partial charge in [0.2, 0.25) is 0 Å². The monoisotopic (exact) mass is 596 g/mol. The smallest absolute Gasteiger partial charge is 0.147 e. The van der Waals surface area contributed by atoms with E-state index >= 15 is 0 Å². The molecule has 0 aliphatic heterocycles. The van der Waals surface area contributed by atoms with E-state index in [0.717, 1.165) is 48.6 Å². The van der Waals surface area contributed by atoms with Crippen LogP contribution in [0, 0.1) is 0 Å². The van der Waals surface area contributed by atoms with Crippen LogP contribution in [0.1, 0.15) is 67.3 Å². The second-order valence-electron chi connectivity index (χ2n) is 10.7. The molecule has 5 heteroatoms. The van der Waals surface area contributed by atoms with E-state index in [1.807, 2.05) is 21.4 Å². The Balaban J connectivity index is 0.000000193. The van der Waals surface area contributed by atoms with E-state index in [9.17, 15) is 13.0 Å². The van der Waals surface area contributed by atoms with E-state index in [0.29, 0.717) is 11.8 Å². The van der Waals surface area contributed by atoms with Gasteiger partial charge >= 0.3 is 0 Å². The summed E-state index contributed by atoms with van der Waals surface area (Å²) in [4.78, 5) is 0.00477. The van der Waals surface area contributed by atoms with Crippen molar-refractivity contribution in [2.24, 2.45) is 0 Å². The molecule has 0 saturated heterocycles. The lowest BCUT2D eigenvalue weighted by atomic mass is 9.84. The van der Waals surface area contributed by atoms with Gasteiger partial charge in [0.15, 0.2) is 0 Å². The maximum atomic E-state index is 11.9. The number of benzene rings is 5. The van der Waals surface area contributed by atoms with Crippen LogP contribution in [0.15, 0.2) is 126 Å². The lowest BCUT2D eigenvalue weighted by Gasteiger charge is -2.26. The van der Waals surface area contributed by atoms with Gasteiger partial charge in [-0.1, -0.05) is 148 Å². The van der Waals surface area contributed by atoms with Crippen molar-refractivity contribution < 1.29 is 13.0 Å². The molecule has 0 heterocycles. The Kier molecular flexibility index (Phi) is 11.1. The molecule has 0 saturated carbocycles. The van der Waals surface area contributed by atoms with Crippen LogP contribution in [-0.4, -0.2) is 13.0 Å². The molecular formula is C37H41O3PS. The molecule has 0 amide bonds. The van der Waals surface area contributed by atoms with Crippen molar-refractivity contribution in [3.8, 4) is 0 Å². The van der Waals surface area contributed by atoms with Crippen LogP contribution in [0.3, 0.4) is 0 Å². The zero-order valence-electron chi connectivity index (χ0n) is 24.6. The summed E-state index contributed by atoms with van der Waals surface area (Å²) in [6, 6.07) is 41.5. The molecule has 0 aliphatic rings. The van der Waals surface area contributed by atoms with Crippen molar-refractivity contribution in [3.05, 3.63) is 149 Å². The number of unbranched alkanes of at least 4 members (excludes halogenated alkanes) is 2. The average Bonchev–Trinajstić information content (AvgIpc) is 3.03. The summed E-state index contributed by atoms with van der Waals surface area (Å²) in [5.41, 5.74) is 5.75. The molecule has 5 rings (SSSR count). The zero-order chi connectivity index (χ0) is 30.0. The lowest BCUT2D eigenvalue weighted by molar-refractivity contribution is 0.462. The average molecular weight is 597 g/mol. The minimum atomic E-state index is -4.49. The number of aryl methyl sites for hydroxylation is 1. The summed E-state index contributed by atoms with van der Waals surface area (Å²) < 4.78 is 35.7. The Morgan fingerprint density at radius 2 is 1.07 bits per heavy atom. The molecule has 0 aliphatic carbocycles. The molecule has 5 aromatic carbocycles.